The highest BCUT2D eigenvalue weighted by Crippen LogP contribution is 2.35. The fraction of sp³-hybridized carbons (Fsp3) is 0.357. The Morgan fingerprint density at radius 1 is 0.794 bits per heavy atom. The van der Waals surface area contributed by atoms with E-state index < -0.39 is 0 Å². The summed E-state index contributed by atoms with van der Waals surface area (Å²) in [6, 6.07) is 24.0. The molecule has 0 amide bonds. The predicted molar refractivity (Wildman–Crippen MR) is 139 cm³/mol. The maximum absolute atomic E-state index is 9.12. The summed E-state index contributed by atoms with van der Waals surface area (Å²) in [6.07, 6.45) is 5.50. The normalized spacial score (nSPS) is 15.2. The SMILES string of the molecule is Oc1ccc2c(c1)SCCO2.Oc1ccccc1.c1ccc(OCCN2CCCCCC2)cc1. The van der Waals surface area contributed by atoms with Crippen molar-refractivity contribution in [3.05, 3.63) is 78.9 Å². The van der Waals surface area contributed by atoms with Crippen molar-refractivity contribution in [2.75, 3.05) is 38.6 Å². The Balaban J connectivity index is 0.000000155. The van der Waals surface area contributed by atoms with Crippen molar-refractivity contribution < 1.29 is 19.7 Å². The van der Waals surface area contributed by atoms with Crippen LogP contribution in [0.2, 0.25) is 0 Å². The van der Waals surface area contributed by atoms with Gasteiger partial charge >= 0.3 is 0 Å². The number of ether oxygens (including phenoxy) is 2. The molecule has 0 aliphatic carbocycles. The number of para-hydroxylation sites is 2. The molecule has 3 aromatic rings. The molecule has 0 aromatic heterocycles. The van der Waals surface area contributed by atoms with Crippen LogP contribution in [0.4, 0.5) is 0 Å². The van der Waals surface area contributed by atoms with Gasteiger partial charge in [0.1, 0.15) is 29.6 Å². The summed E-state index contributed by atoms with van der Waals surface area (Å²) in [4.78, 5) is 3.56. The van der Waals surface area contributed by atoms with Crippen molar-refractivity contribution in [3.63, 3.8) is 0 Å². The summed E-state index contributed by atoms with van der Waals surface area (Å²) in [5, 5.41) is 17.8. The Bertz CT molecular complexity index is 932. The van der Waals surface area contributed by atoms with Crippen LogP contribution in [-0.2, 0) is 0 Å². The van der Waals surface area contributed by atoms with E-state index in [9.17, 15) is 0 Å². The summed E-state index contributed by atoms with van der Waals surface area (Å²) in [5.74, 6) is 3.47. The molecule has 0 saturated carbocycles. The number of benzene rings is 3. The highest BCUT2D eigenvalue weighted by atomic mass is 32.2. The van der Waals surface area contributed by atoms with Gasteiger partial charge in [-0.2, -0.15) is 0 Å². The molecule has 0 unspecified atom stereocenters. The maximum Gasteiger partial charge on any atom is 0.133 e. The molecule has 0 spiro atoms. The molecule has 34 heavy (non-hydrogen) atoms. The average Bonchev–Trinajstić information content (AvgIpc) is 3.15. The molecule has 0 radical (unpaired) electrons. The first-order chi connectivity index (χ1) is 16.7. The Morgan fingerprint density at radius 3 is 2.12 bits per heavy atom. The van der Waals surface area contributed by atoms with Gasteiger partial charge in [0.15, 0.2) is 0 Å². The highest BCUT2D eigenvalue weighted by Gasteiger charge is 2.10. The van der Waals surface area contributed by atoms with Crippen LogP contribution in [-0.4, -0.2) is 53.7 Å². The molecule has 5 rings (SSSR count). The standard InChI is InChI=1S/C14H21NO.C8H8O2S.C6H6O/c1-2-7-11-15(10-6-1)12-13-16-14-8-4-3-5-9-14;9-6-1-2-7-8(5-6)11-4-3-10-7;7-6-4-2-1-3-5-6/h3-5,8-9H,1-2,6-7,10-13H2;1-2,5,9H,3-4H2;1-5,7H. The molecule has 182 valence electrons. The lowest BCUT2D eigenvalue weighted by molar-refractivity contribution is 0.214. The van der Waals surface area contributed by atoms with E-state index in [1.165, 1.54) is 38.8 Å². The summed E-state index contributed by atoms with van der Waals surface area (Å²) < 4.78 is 11.1. The number of hydrogen-bond donors (Lipinski definition) is 2. The monoisotopic (exact) mass is 481 g/mol. The van der Waals surface area contributed by atoms with E-state index in [4.69, 9.17) is 19.7 Å². The van der Waals surface area contributed by atoms with E-state index in [2.05, 4.69) is 4.90 Å². The third-order valence-electron chi connectivity index (χ3n) is 5.40. The topological polar surface area (TPSA) is 62.2 Å². The van der Waals surface area contributed by atoms with Gasteiger partial charge in [-0.1, -0.05) is 49.2 Å². The van der Waals surface area contributed by atoms with E-state index in [-0.39, 0.29) is 0 Å². The van der Waals surface area contributed by atoms with Gasteiger partial charge in [-0.25, -0.2) is 0 Å². The smallest absolute Gasteiger partial charge is 0.133 e. The van der Waals surface area contributed by atoms with E-state index in [0.29, 0.717) is 11.5 Å². The van der Waals surface area contributed by atoms with E-state index in [1.807, 2.05) is 36.4 Å². The van der Waals surface area contributed by atoms with Gasteiger partial charge in [0.05, 0.1) is 11.5 Å². The average molecular weight is 482 g/mol. The molecule has 2 aliphatic rings. The summed E-state index contributed by atoms with van der Waals surface area (Å²) >= 11 is 1.72. The second-order valence-electron chi connectivity index (χ2n) is 8.08. The molecule has 2 aliphatic heterocycles. The van der Waals surface area contributed by atoms with Crippen molar-refractivity contribution in [2.24, 2.45) is 0 Å². The zero-order chi connectivity index (χ0) is 23.8. The second-order valence-corrected chi connectivity index (χ2v) is 9.22. The van der Waals surface area contributed by atoms with E-state index >= 15 is 0 Å². The summed E-state index contributed by atoms with van der Waals surface area (Å²) in [6.45, 7) is 5.14. The lowest BCUT2D eigenvalue weighted by Gasteiger charge is -2.19. The fourth-order valence-corrected chi connectivity index (χ4v) is 4.49. The van der Waals surface area contributed by atoms with Gasteiger partial charge in [-0.05, 0) is 68.4 Å². The molecule has 0 bridgehead atoms. The number of nitrogens with zero attached hydrogens (tertiary/aromatic N) is 1. The van der Waals surface area contributed by atoms with Crippen LogP contribution in [0.3, 0.4) is 0 Å². The quantitative estimate of drug-likeness (QED) is 0.462. The van der Waals surface area contributed by atoms with Crippen LogP contribution in [0.25, 0.3) is 0 Å². The summed E-state index contributed by atoms with van der Waals surface area (Å²) in [7, 11) is 0. The first-order valence-corrected chi connectivity index (χ1v) is 12.9. The maximum atomic E-state index is 9.12. The van der Waals surface area contributed by atoms with Crippen LogP contribution in [0.1, 0.15) is 25.7 Å². The number of fused-ring (bicyclic) bond motifs is 1. The Hall–Kier alpha value is -2.83. The highest BCUT2D eigenvalue weighted by molar-refractivity contribution is 7.99. The van der Waals surface area contributed by atoms with Crippen LogP contribution in [0.5, 0.6) is 23.0 Å². The van der Waals surface area contributed by atoms with E-state index in [1.54, 1.807) is 54.2 Å². The van der Waals surface area contributed by atoms with Gasteiger partial charge in [0.25, 0.3) is 0 Å². The lowest BCUT2D eigenvalue weighted by Crippen LogP contribution is -2.29. The first kappa shape index (κ1) is 25.8. The van der Waals surface area contributed by atoms with Crippen molar-refractivity contribution in [3.8, 4) is 23.0 Å². The molecule has 6 heteroatoms. The lowest BCUT2D eigenvalue weighted by atomic mass is 10.2. The number of rotatable bonds is 4. The first-order valence-electron chi connectivity index (χ1n) is 11.9. The number of phenols is 2. The van der Waals surface area contributed by atoms with Gasteiger partial charge in [-0.15, -0.1) is 11.8 Å². The number of aromatic hydroxyl groups is 2. The number of thioether (sulfide) groups is 1. The van der Waals surface area contributed by atoms with Crippen molar-refractivity contribution in [2.45, 2.75) is 30.6 Å². The Morgan fingerprint density at radius 2 is 1.47 bits per heavy atom. The van der Waals surface area contributed by atoms with Gasteiger partial charge in [-0.3, -0.25) is 4.90 Å². The molecule has 3 aromatic carbocycles. The largest absolute Gasteiger partial charge is 0.508 e. The van der Waals surface area contributed by atoms with Crippen LogP contribution in [0, 0.1) is 0 Å². The van der Waals surface area contributed by atoms with Crippen LogP contribution >= 0.6 is 11.8 Å². The molecule has 1 saturated heterocycles. The van der Waals surface area contributed by atoms with Crippen LogP contribution < -0.4 is 9.47 Å². The molecule has 5 nitrogen and oxygen atoms in total. The van der Waals surface area contributed by atoms with Crippen molar-refractivity contribution in [1.29, 1.82) is 0 Å². The zero-order valence-corrected chi connectivity index (χ0v) is 20.5. The van der Waals surface area contributed by atoms with Crippen molar-refractivity contribution in [1.82, 2.24) is 4.90 Å². The fourth-order valence-electron chi connectivity index (χ4n) is 3.63. The molecule has 2 heterocycles. The minimum absolute atomic E-state index is 0.307. The third kappa shape index (κ3) is 9.98. The molecule has 0 atom stereocenters. The number of phenolic OH excluding ortho intramolecular Hbond substituents is 2. The van der Waals surface area contributed by atoms with Crippen molar-refractivity contribution >= 4 is 11.8 Å². The van der Waals surface area contributed by atoms with Gasteiger partial charge < -0.3 is 19.7 Å². The molecular weight excluding hydrogens is 446 g/mol. The van der Waals surface area contributed by atoms with Crippen LogP contribution in [0.15, 0.2) is 83.8 Å². The molecule has 2 N–H and O–H groups in total. The number of hydrogen-bond acceptors (Lipinski definition) is 6. The predicted octanol–water partition coefficient (Wildman–Crippen LogP) is 6.21. The van der Waals surface area contributed by atoms with E-state index in [0.717, 1.165) is 41.9 Å². The number of likely N-dealkylation sites (tertiary alicyclic amines) is 1. The summed E-state index contributed by atoms with van der Waals surface area (Å²) in [5.41, 5.74) is 0. The molecule has 1 fully saturated rings. The minimum Gasteiger partial charge on any atom is -0.508 e. The van der Waals surface area contributed by atoms with Gasteiger partial charge in [0, 0.05) is 12.3 Å². The third-order valence-corrected chi connectivity index (χ3v) is 6.40. The minimum atomic E-state index is 0.307. The van der Waals surface area contributed by atoms with Gasteiger partial charge in [0.2, 0.25) is 0 Å². The zero-order valence-electron chi connectivity index (χ0n) is 19.6. The second kappa shape index (κ2) is 15.1. The Labute approximate surface area is 207 Å². The molecular formula is C28H35NO4S. The Kier molecular flexibility index (Phi) is 11.5.